The van der Waals surface area contributed by atoms with Crippen molar-refractivity contribution in [1.29, 1.82) is 0 Å². The SMILES string of the molecule is O=C(Nc1cccc(F)c1)c1cncc(Nc2ccc(Oc3ccccc3)cc2)c1. The molecule has 0 saturated carbocycles. The number of pyridine rings is 1. The van der Waals surface area contributed by atoms with Gasteiger partial charge in [0.1, 0.15) is 17.3 Å². The summed E-state index contributed by atoms with van der Waals surface area (Å²) >= 11 is 0. The lowest BCUT2D eigenvalue weighted by Gasteiger charge is -2.10. The lowest BCUT2D eigenvalue weighted by molar-refractivity contribution is 0.102. The molecule has 0 unspecified atom stereocenters. The molecule has 0 spiro atoms. The Bertz CT molecular complexity index is 1150. The van der Waals surface area contributed by atoms with E-state index in [1.807, 2.05) is 54.6 Å². The largest absolute Gasteiger partial charge is 0.457 e. The second-order valence-electron chi connectivity index (χ2n) is 6.49. The molecule has 148 valence electrons. The lowest BCUT2D eigenvalue weighted by atomic mass is 10.2. The van der Waals surface area contributed by atoms with Crippen LogP contribution in [-0.4, -0.2) is 10.9 Å². The van der Waals surface area contributed by atoms with Gasteiger partial charge in [-0.2, -0.15) is 0 Å². The van der Waals surface area contributed by atoms with E-state index in [4.69, 9.17) is 4.74 Å². The third-order valence-corrected chi connectivity index (χ3v) is 4.20. The van der Waals surface area contributed by atoms with Gasteiger partial charge in [-0.15, -0.1) is 0 Å². The summed E-state index contributed by atoms with van der Waals surface area (Å²) in [5.74, 6) is 0.692. The van der Waals surface area contributed by atoms with Gasteiger partial charge in [0.05, 0.1) is 17.4 Å². The number of nitrogens with zero attached hydrogens (tertiary/aromatic N) is 1. The fourth-order valence-electron chi connectivity index (χ4n) is 2.80. The van der Waals surface area contributed by atoms with E-state index in [1.165, 1.54) is 24.4 Å². The third-order valence-electron chi connectivity index (χ3n) is 4.20. The van der Waals surface area contributed by atoms with E-state index in [0.29, 0.717) is 22.7 Å². The zero-order chi connectivity index (χ0) is 20.8. The molecule has 0 atom stereocenters. The molecule has 4 rings (SSSR count). The zero-order valence-corrected chi connectivity index (χ0v) is 15.9. The summed E-state index contributed by atoms with van der Waals surface area (Å²) in [5.41, 5.74) is 2.21. The Hall–Kier alpha value is -4.19. The molecule has 0 aliphatic rings. The van der Waals surface area contributed by atoms with Crippen molar-refractivity contribution in [1.82, 2.24) is 4.98 Å². The molecule has 0 saturated heterocycles. The van der Waals surface area contributed by atoms with Crippen LogP contribution in [0.2, 0.25) is 0 Å². The Balaban J connectivity index is 1.42. The first-order valence-electron chi connectivity index (χ1n) is 9.28. The van der Waals surface area contributed by atoms with Crippen molar-refractivity contribution >= 4 is 23.0 Å². The second kappa shape index (κ2) is 8.87. The summed E-state index contributed by atoms with van der Waals surface area (Å²) < 4.78 is 19.1. The number of benzene rings is 3. The lowest BCUT2D eigenvalue weighted by Crippen LogP contribution is -2.12. The molecule has 0 radical (unpaired) electrons. The van der Waals surface area contributed by atoms with Gasteiger partial charge in [-0.1, -0.05) is 24.3 Å². The van der Waals surface area contributed by atoms with Gasteiger partial charge in [-0.3, -0.25) is 9.78 Å². The minimum absolute atomic E-state index is 0.355. The van der Waals surface area contributed by atoms with Crippen molar-refractivity contribution in [3.05, 3.63) is 109 Å². The van der Waals surface area contributed by atoms with Crippen molar-refractivity contribution in [3.63, 3.8) is 0 Å². The van der Waals surface area contributed by atoms with Gasteiger partial charge in [0.15, 0.2) is 0 Å². The molecule has 1 amide bonds. The number of hydrogen-bond donors (Lipinski definition) is 2. The van der Waals surface area contributed by atoms with E-state index in [1.54, 1.807) is 18.3 Å². The van der Waals surface area contributed by atoms with Crippen LogP contribution in [0.4, 0.5) is 21.5 Å². The van der Waals surface area contributed by atoms with Crippen LogP contribution in [0.5, 0.6) is 11.5 Å². The first-order valence-corrected chi connectivity index (χ1v) is 9.28. The van der Waals surface area contributed by atoms with Gasteiger partial charge < -0.3 is 15.4 Å². The summed E-state index contributed by atoms with van der Waals surface area (Å²) in [6, 6.07) is 24.4. The Kier molecular flexibility index (Phi) is 5.66. The number of nitrogens with one attached hydrogen (secondary N) is 2. The van der Waals surface area contributed by atoms with Crippen LogP contribution < -0.4 is 15.4 Å². The normalized spacial score (nSPS) is 10.3. The topological polar surface area (TPSA) is 63.2 Å². The molecule has 1 heterocycles. The number of ether oxygens (including phenoxy) is 1. The first-order chi connectivity index (χ1) is 14.7. The van der Waals surface area contributed by atoms with Gasteiger partial charge in [0.2, 0.25) is 0 Å². The van der Waals surface area contributed by atoms with E-state index in [-0.39, 0.29) is 5.91 Å². The fraction of sp³-hybridized carbons (Fsp3) is 0. The number of carbonyl (C=O) groups excluding carboxylic acids is 1. The van der Waals surface area contributed by atoms with Gasteiger partial charge in [0, 0.05) is 17.6 Å². The summed E-state index contributed by atoms with van der Waals surface area (Å²) in [4.78, 5) is 16.5. The van der Waals surface area contributed by atoms with E-state index in [9.17, 15) is 9.18 Å². The van der Waals surface area contributed by atoms with Crippen LogP contribution in [0.25, 0.3) is 0 Å². The zero-order valence-electron chi connectivity index (χ0n) is 15.9. The number of carbonyl (C=O) groups is 1. The maximum Gasteiger partial charge on any atom is 0.257 e. The predicted molar refractivity (Wildman–Crippen MR) is 115 cm³/mol. The van der Waals surface area contributed by atoms with Crippen LogP contribution in [0, 0.1) is 5.82 Å². The maximum absolute atomic E-state index is 13.3. The van der Waals surface area contributed by atoms with Crippen LogP contribution in [0.1, 0.15) is 10.4 Å². The predicted octanol–water partition coefficient (Wildman–Crippen LogP) is 6.01. The van der Waals surface area contributed by atoms with E-state index < -0.39 is 5.82 Å². The number of aromatic nitrogens is 1. The summed E-state index contributed by atoms with van der Waals surface area (Å²) in [7, 11) is 0. The van der Waals surface area contributed by atoms with E-state index in [0.717, 1.165) is 11.4 Å². The molecule has 0 aliphatic carbocycles. The van der Waals surface area contributed by atoms with Crippen molar-refractivity contribution < 1.29 is 13.9 Å². The van der Waals surface area contributed by atoms with Crippen molar-refractivity contribution in [2.75, 3.05) is 10.6 Å². The highest BCUT2D eigenvalue weighted by molar-refractivity contribution is 6.04. The standard InChI is InChI=1S/C24H18FN3O2/c25-18-5-4-6-20(14-18)28-24(29)17-13-21(16-26-15-17)27-19-9-11-23(12-10-19)30-22-7-2-1-3-8-22/h1-16,27H,(H,28,29). The second-order valence-corrected chi connectivity index (χ2v) is 6.49. The van der Waals surface area contributed by atoms with Gasteiger partial charge in [-0.05, 0) is 60.7 Å². The average Bonchev–Trinajstić information content (AvgIpc) is 2.76. The molecule has 4 aromatic rings. The number of para-hydroxylation sites is 1. The molecule has 6 heteroatoms. The summed E-state index contributed by atoms with van der Waals surface area (Å²) in [5, 5.41) is 5.86. The molecule has 3 aromatic carbocycles. The van der Waals surface area contributed by atoms with Gasteiger partial charge in [-0.25, -0.2) is 4.39 Å². The van der Waals surface area contributed by atoms with Crippen LogP contribution >= 0.6 is 0 Å². The molecular weight excluding hydrogens is 381 g/mol. The number of amides is 1. The molecule has 0 bridgehead atoms. The fourth-order valence-corrected chi connectivity index (χ4v) is 2.80. The molecule has 1 aromatic heterocycles. The quantitative estimate of drug-likeness (QED) is 0.417. The molecule has 30 heavy (non-hydrogen) atoms. The molecular formula is C24H18FN3O2. The number of rotatable bonds is 6. The van der Waals surface area contributed by atoms with Crippen molar-refractivity contribution in [3.8, 4) is 11.5 Å². The number of hydrogen-bond acceptors (Lipinski definition) is 4. The maximum atomic E-state index is 13.3. The Morgan fingerprint density at radius 2 is 1.53 bits per heavy atom. The smallest absolute Gasteiger partial charge is 0.257 e. The Morgan fingerprint density at radius 1 is 0.767 bits per heavy atom. The molecule has 2 N–H and O–H groups in total. The van der Waals surface area contributed by atoms with Crippen LogP contribution in [0.3, 0.4) is 0 Å². The minimum Gasteiger partial charge on any atom is -0.457 e. The van der Waals surface area contributed by atoms with E-state index >= 15 is 0 Å². The Morgan fingerprint density at radius 3 is 2.30 bits per heavy atom. The van der Waals surface area contributed by atoms with E-state index in [2.05, 4.69) is 15.6 Å². The van der Waals surface area contributed by atoms with Crippen LogP contribution in [0.15, 0.2) is 97.3 Å². The molecule has 0 fully saturated rings. The third kappa shape index (κ3) is 4.99. The van der Waals surface area contributed by atoms with Gasteiger partial charge in [0.25, 0.3) is 5.91 Å². The highest BCUT2D eigenvalue weighted by Gasteiger charge is 2.08. The summed E-state index contributed by atoms with van der Waals surface area (Å²) in [6.07, 6.45) is 3.07. The first kappa shape index (κ1) is 19.1. The van der Waals surface area contributed by atoms with Crippen molar-refractivity contribution in [2.24, 2.45) is 0 Å². The Labute approximate surface area is 173 Å². The van der Waals surface area contributed by atoms with Crippen molar-refractivity contribution in [2.45, 2.75) is 0 Å². The average molecular weight is 399 g/mol. The summed E-state index contributed by atoms with van der Waals surface area (Å²) in [6.45, 7) is 0. The molecule has 0 aliphatic heterocycles. The van der Waals surface area contributed by atoms with Crippen LogP contribution in [-0.2, 0) is 0 Å². The highest BCUT2D eigenvalue weighted by atomic mass is 19.1. The van der Waals surface area contributed by atoms with Gasteiger partial charge >= 0.3 is 0 Å². The highest BCUT2D eigenvalue weighted by Crippen LogP contribution is 2.24. The monoisotopic (exact) mass is 399 g/mol. The number of anilines is 3. The number of halogens is 1. The molecule has 5 nitrogen and oxygen atoms in total. The minimum atomic E-state index is -0.416.